The Morgan fingerprint density at radius 3 is 2.95 bits per heavy atom. The molecule has 1 aromatic heterocycles. The lowest BCUT2D eigenvalue weighted by atomic mass is 10.3. The van der Waals surface area contributed by atoms with Crippen molar-refractivity contribution in [1.82, 2.24) is 9.55 Å². The van der Waals surface area contributed by atoms with Gasteiger partial charge >= 0.3 is 0 Å². The number of rotatable bonds is 4. The van der Waals surface area contributed by atoms with Gasteiger partial charge in [0.15, 0.2) is 5.03 Å². The third-order valence-corrected chi connectivity index (χ3v) is 3.46. The van der Waals surface area contributed by atoms with Crippen LogP contribution in [-0.2, 0) is 4.79 Å². The first-order valence-corrected chi connectivity index (χ1v) is 6.69. The number of hydrogen-bond acceptors (Lipinski definition) is 4. The number of hydrogen-bond donors (Lipinski definition) is 1. The molecule has 0 saturated carbocycles. The van der Waals surface area contributed by atoms with E-state index in [-0.39, 0.29) is 16.3 Å². The Bertz CT molecular complexity index is 672. The minimum absolute atomic E-state index is 0.0157. The maximum atomic E-state index is 12.2. The van der Waals surface area contributed by atoms with Crippen LogP contribution in [0.1, 0.15) is 0 Å². The summed E-state index contributed by atoms with van der Waals surface area (Å²) in [5.74, 6) is -0.480. The van der Waals surface area contributed by atoms with E-state index in [1.165, 1.54) is 10.8 Å². The first kappa shape index (κ1) is 13.6. The SMILES string of the molecule is NC(=O)CSc1nccn(-c2cccc(Cl)c2)c1=O. The summed E-state index contributed by atoms with van der Waals surface area (Å²) in [4.78, 5) is 26.9. The Hall–Kier alpha value is -1.79. The lowest BCUT2D eigenvalue weighted by Gasteiger charge is -2.07. The van der Waals surface area contributed by atoms with Crippen molar-refractivity contribution in [3.05, 3.63) is 52.0 Å². The molecule has 7 heteroatoms. The Morgan fingerprint density at radius 1 is 1.47 bits per heavy atom. The lowest BCUT2D eigenvalue weighted by molar-refractivity contribution is -0.115. The molecule has 0 saturated heterocycles. The zero-order chi connectivity index (χ0) is 13.8. The van der Waals surface area contributed by atoms with Crippen molar-refractivity contribution in [1.29, 1.82) is 0 Å². The summed E-state index contributed by atoms with van der Waals surface area (Å²) < 4.78 is 1.42. The van der Waals surface area contributed by atoms with Crippen LogP contribution in [0.15, 0.2) is 46.5 Å². The average Bonchev–Trinajstić information content (AvgIpc) is 2.37. The van der Waals surface area contributed by atoms with Crippen LogP contribution < -0.4 is 11.3 Å². The van der Waals surface area contributed by atoms with Crippen molar-refractivity contribution < 1.29 is 4.79 Å². The number of benzene rings is 1. The fraction of sp³-hybridized carbons (Fsp3) is 0.0833. The van der Waals surface area contributed by atoms with Crippen molar-refractivity contribution >= 4 is 29.3 Å². The van der Waals surface area contributed by atoms with Gasteiger partial charge in [0, 0.05) is 17.4 Å². The van der Waals surface area contributed by atoms with Gasteiger partial charge in [-0.1, -0.05) is 29.4 Å². The van der Waals surface area contributed by atoms with Crippen LogP contribution in [-0.4, -0.2) is 21.2 Å². The summed E-state index contributed by atoms with van der Waals surface area (Å²) in [7, 11) is 0. The molecule has 0 bridgehead atoms. The first-order valence-electron chi connectivity index (χ1n) is 5.32. The molecule has 0 aliphatic carbocycles. The standard InChI is InChI=1S/C12H10ClN3O2S/c13-8-2-1-3-9(6-8)16-5-4-15-11(12(16)18)19-7-10(14)17/h1-6H,7H2,(H2,14,17). The maximum Gasteiger partial charge on any atom is 0.287 e. The largest absolute Gasteiger partial charge is 0.369 e. The number of nitrogens with zero attached hydrogens (tertiary/aromatic N) is 2. The summed E-state index contributed by atoms with van der Waals surface area (Å²) >= 11 is 6.91. The summed E-state index contributed by atoms with van der Waals surface area (Å²) in [5.41, 5.74) is 5.38. The number of carbonyl (C=O) groups is 1. The highest BCUT2D eigenvalue weighted by molar-refractivity contribution is 7.99. The van der Waals surface area contributed by atoms with Crippen molar-refractivity contribution in [3.63, 3.8) is 0 Å². The fourth-order valence-corrected chi connectivity index (χ4v) is 2.28. The predicted octanol–water partition coefficient (Wildman–Crippen LogP) is 1.46. The molecular weight excluding hydrogens is 286 g/mol. The molecule has 1 heterocycles. The van der Waals surface area contributed by atoms with Gasteiger partial charge < -0.3 is 5.73 Å². The van der Waals surface area contributed by atoms with E-state index in [2.05, 4.69) is 4.98 Å². The van der Waals surface area contributed by atoms with Crippen molar-refractivity contribution in [2.24, 2.45) is 5.73 Å². The number of carbonyl (C=O) groups excluding carboxylic acids is 1. The molecule has 5 nitrogen and oxygen atoms in total. The number of amides is 1. The highest BCUT2D eigenvalue weighted by Gasteiger charge is 2.08. The summed E-state index contributed by atoms with van der Waals surface area (Å²) in [5, 5.41) is 0.758. The van der Waals surface area contributed by atoms with Gasteiger partial charge in [-0.2, -0.15) is 0 Å². The van der Waals surface area contributed by atoms with Crippen molar-refractivity contribution in [2.45, 2.75) is 5.03 Å². The Kier molecular flexibility index (Phi) is 4.24. The normalized spacial score (nSPS) is 10.4. The lowest BCUT2D eigenvalue weighted by Crippen LogP contribution is -2.22. The fourth-order valence-electron chi connectivity index (χ4n) is 1.46. The summed E-state index contributed by atoms with van der Waals surface area (Å²) in [6.07, 6.45) is 3.04. The number of nitrogens with two attached hydrogens (primary N) is 1. The van der Waals surface area contributed by atoms with Crippen LogP contribution in [0.3, 0.4) is 0 Å². The van der Waals surface area contributed by atoms with E-state index < -0.39 is 5.91 Å². The smallest absolute Gasteiger partial charge is 0.287 e. The van der Waals surface area contributed by atoms with E-state index in [4.69, 9.17) is 17.3 Å². The summed E-state index contributed by atoms with van der Waals surface area (Å²) in [6, 6.07) is 6.90. The quantitative estimate of drug-likeness (QED) is 0.866. The predicted molar refractivity (Wildman–Crippen MR) is 74.8 cm³/mol. The minimum Gasteiger partial charge on any atom is -0.369 e. The zero-order valence-corrected chi connectivity index (χ0v) is 11.3. The van der Waals surface area contributed by atoms with Crippen LogP contribution in [0.4, 0.5) is 0 Å². The van der Waals surface area contributed by atoms with Gasteiger partial charge in [0.2, 0.25) is 5.91 Å². The highest BCUT2D eigenvalue weighted by Crippen LogP contribution is 2.15. The molecule has 0 fully saturated rings. The van der Waals surface area contributed by atoms with Crippen molar-refractivity contribution in [2.75, 3.05) is 5.75 Å². The molecule has 2 rings (SSSR count). The van der Waals surface area contributed by atoms with Gasteiger partial charge in [-0.15, -0.1) is 0 Å². The second kappa shape index (κ2) is 5.90. The first-order chi connectivity index (χ1) is 9.08. The Balaban J connectivity index is 2.40. The van der Waals surface area contributed by atoms with Gasteiger partial charge in [-0.05, 0) is 18.2 Å². The topological polar surface area (TPSA) is 78.0 Å². The molecule has 0 unspecified atom stereocenters. The van der Waals surface area contributed by atoms with Gasteiger partial charge in [0.05, 0.1) is 11.4 Å². The van der Waals surface area contributed by atoms with Gasteiger partial charge in [0.25, 0.3) is 5.56 Å². The molecule has 0 aliphatic rings. The van der Waals surface area contributed by atoms with E-state index in [9.17, 15) is 9.59 Å². The number of halogens is 1. The van der Waals surface area contributed by atoms with Crippen LogP contribution in [0.5, 0.6) is 0 Å². The molecule has 0 radical (unpaired) electrons. The van der Waals surface area contributed by atoms with Crippen LogP contribution in [0.25, 0.3) is 5.69 Å². The van der Waals surface area contributed by atoms with E-state index in [0.29, 0.717) is 10.7 Å². The molecule has 98 valence electrons. The Labute approximate surface area is 118 Å². The number of thioether (sulfide) groups is 1. The molecule has 2 N–H and O–H groups in total. The van der Waals surface area contributed by atoms with E-state index in [1.54, 1.807) is 30.5 Å². The number of primary amides is 1. The van der Waals surface area contributed by atoms with Crippen LogP contribution >= 0.6 is 23.4 Å². The molecule has 1 aromatic carbocycles. The van der Waals surface area contributed by atoms with Gasteiger partial charge in [-0.3, -0.25) is 14.2 Å². The second-order valence-corrected chi connectivity index (χ2v) is 5.04. The average molecular weight is 296 g/mol. The minimum atomic E-state index is -0.496. The molecule has 0 atom stereocenters. The van der Waals surface area contributed by atoms with Crippen molar-refractivity contribution in [3.8, 4) is 5.69 Å². The van der Waals surface area contributed by atoms with E-state index >= 15 is 0 Å². The van der Waals surface area contributed by atoms with Crippen LogP contribution in [0.2, 0.25) is 5.02 Å². The van der Waals surface area contributed by atoms with E-state index in [0.717, 1.165) is 11.8 Å². The molecule has 0 spiro atoms. The third-order valence-electron chi connectivity index (χ3n) is 2.25. The molecule has 19 heavy (non-hydrogen) atoms. The third kappa shape index (κ3) is 3.36. The summed E-state index contributed by atoms with van der Waals surface area (Å²) in [6.45, 7) is 0. The molecular formula is C12H10ClN3O2S. The highest BCUT2D eigenvalue weighted by atomic mass is 35.5. The molecule has 0 aliphatic heterocycles. The maximum absolute atomic E-state index is 12.2. The zero-order valence-electron chi connectivity index (χ0n) is 9.75. The van der Waals surface area contributed by atoms with Gasteiger partial charge in [0.1, 0.15) is 0 Å². The van der Waals surface area contributed by atoms with Crippen LogP contribution in [0, 0.1) is 0 Å². The van der Waals surface area contributed by atoms with E-state index in [1.807, 2.05) is 0 Å². The Morgan fingerprint density at radius 2 is 2.26 bits per heavy atom. The monoisotopic (exact) mass is 295 g/mol. The second-order valence-electron chi connectivity index (χ2n) is 3.64. The molecule has 1 amide bonds. The van der Waals surface area contributed by atoms with Gasteiger partial charge in [-0.25, -0.2) is 4.98 Å². The number of aromatic nitrogens is 2. The molecule has 2 aromatic rings.